The van der Waals surface area contributed by atoms with Crippen molar-refractivity contribution in [3.8, 4) is 0 Å². The predicted octanol–water partition coefficient (Wildman–Crippen LogP) is 2.81. The third-order valence-corrected chi connectivity index (χ3v) is 3.85. The zero-order chi connectivity index (χ0) is 13.9. The number of rotatable bonds is 4. The lowest BCUT2D eigenvalue weighted by molar-refractivity contribution is -0.385. The number of nitro benzene ring substituents is 1. The van der Waals surface area contributed by atoms with Crippen molar-refractivity contribution in [2.45, 2.75) is 26.3 Å². The second-order valence-electron chi connectivity index (χ2n) is 4.70. The molecule has 0 fully saturated rings. The summed E-state index contributed by atoms with van der Waals surface area (Å²) in [6.45, 7) is 5.28. The number of hydrogen-bond acceptors (Lipinski definition) is 3. The van der Waals surface area contributed by atoms with Crippen molar-refractivity contribution >= 4 is 27.5 Å². The van der Waals surface area contributed by atoms with Crippen LogP contribution in [0.2, 0.25) is 0 Å². The molecule has 0 atom stereocenters. The molecule has 6 heteroatoms. The van der Waals surface area contributed by atoms with Crippen LogP contribution in [0.1, 0.15) is 29.8 Å². The Morgan fingerprint density at radius 2 is 2.11 bits per heavy atom. The monoisotopic (exact) mass is 314 g/mol. The van der Waals surface area contributed by atoms with E-state index in [4.69, 9.17) is 0 Å². The van der Waals surface area contributed by atoms with Crippen LogP contribution < -0.4 is 5.32 Å². The van der Waals surface area contributed by atoms with Crippen molar-refractivity contribution in [3.63, 3.8) is 0 Å². The number of halogens is 1. The van der Waals surface area contributed by atoms with Gasteiger partial charge >= 0.3 is 0 Å². The topological polar surface area (TPSA) is 72.2 Å². The molecule has 0 aliphatic rings. The van der Waals surface area contributed by atoms with Crippen LogP contribution in [0.4, 0.5) is 5.69 Å². The number of amides is 1. The number of nitrogens with one attached hydrogen (secondary N) is 1. The van der Waals surface area contributed by atoms with Gasteiger partial charge in [-0.05, 0) is 26.8 Å². The highest BCUT2D eigenvalue weighted by atomic mass is 79.9. The van der Waals surface area contributed by atoms with Crippen LogP contribution >= 0.6 is 15.9 Å². The van der Waals surface area contributed by atoms with Gasteiger partial charge in [0.2, 0.25) is 0 Å². The summed E-state index contributed by atoms with van der Waals surface area (Å²) in [5.74, 6) is -0.435. The normalized spacial score (nSPS) is 11.1. The molecule has 0 bridgehead atoms. The molecule has 1 aromatic rings. The smallest absolute Gasteiger partial charge is 0.285 e. The van der Waals surface area contributed by atoms with Crippen molar-refractivity contribution in [1.29, 1.82) is 0 Å². The van der Waals surface area contributed by atoms with E-state index in [1.54, 1.807) is 19.1 Å². The summed E-state index contributed by atoms with van der Waals surface area (Å²) >= 11 is 3.29. The molecule has 1 rings (SSSR count). The van der Waals surface area contributed by atoms with Crippen molar-refractivity contribution in [2.75, 3.05) is 5.33 Å². The molecule has 5 nitrogen and oxygen atoms in total. The van der Waals surface area contributed by atoms with Crippen LogP contribution in [-0.4, -0.2) is 21.7 Å². The molecule has 18 heavy (non-hydrogen) atoms. The number of aryl methyl sites for hydroxylation is 1. The fraction of sp³-hybridized carbons (Fsp3) is 0.417. The van der Waals surface area contributed by atoms with E-state index in [1.165, 1.54) is 6.07 Å². The van der Waals surface area contributed by atoms with Crippen molar-refractivity contribution in [2.24, 2.45) is 0 Å². The summed E-state index contributed by atoms with van der Waals surface area (Å²) in [5.41, 5.74) is -0.0342. The molecule has 0 spiro atoms. The SMILES string of the molecule is Cc1cccc(C(=O)NC(C)(C)CBr)c1[N+](=O)[O-]. The second kappa shape index (κ2) is 5.48. The average molecular weight is 315 g/mol. The van der Waals surface area contributed by atoms with Gasteiger partial charge < -0.3 is 5.32 Å². The number of carbonyl (C=O) groups excluding carboxylic acids is 1. The van der Waals surface area contributed by atoms with Gasteiger partial charge in [0.15, 0.2) is 0 Å². The first-order valence-corrected chi connectivity index (χ1v) is 6.53. The largest absolute Gasteiger partial charge is 0.346 e. The molecule has 0 saturated carbocycles. The highest BCUT2D eigenvalue weighted by Crippen LogP contribution is 2.23. The summed E-state index contributed by atoms with van der Waals surface area (Å²) in [4.78, 5) is 22.5. The maximum Gasteiger partial charge on any atom is 0.285 e. The van der Waals surface area contributed by atoms with Crippen LogP contribution in [0.5, 0.6) is 0 Å². The minimum Gasteiger partial charge on any atom is -0.346 e. The van der Waals surface area contributed by atoms with Gasteiger partial charge in [0.25, 0.3) is 11.6 Å². The average Bonchev–Trinajstić information content (AvgIpc) is 2.27. The third-order valence-electron chi connectivity index (χ3n) is 2.45. The van der Waals surface area contributed by atoms with E-state index in [2.05, 4.69) is 21.2 Å². The molecule has 0 radical (unpaired) electrons. The standard InChI is InChI=1S/C12H15BrN2O3/c1-8-5-4-6-9(10(8)15(17)18)11(16)14-12(2,3)7-13/h4-6H,7H2,1-3H3,(H,14,16). The highest BCUT2D eigenvalue weighted by Gasteiger charge is 2.26. The van der Waals surface area contributed by atoms with E-state index in [0.29, 0.717) is 10.9 Å². The van der Waals surface area contributed by atoms with Crippen molar-refractivity contribution in [3.05, 3.63) is 39.4 Å². The van der Waals surface area contributed by atoms with Gasteiger partial charge in [0.1, 0.15) is 5.56 Å². The molecule has 0 aliphatic heterocycles. The molecular weight excluding hydrogens is 300 g/mol. The first-order valence-electron chi connectivity index (χ1n) is 5.41. The molecule has 1 N–H and O–H groups in total. The van der Waals surface area contributed by atoms with Gasteiger partial charge in [-0.25, -0.2) is 0 Å². The second-order valence-corrected chi connectivity index (χ2v) is 5.26. The number of carbonyl (C=O) groups is 1. The Labute approximate surface area is 114 Å². The zero-order valence-electron chi connectivity index (χ0n) is 10.5. The van der Waals surface area contributed by atoms with E-state index < -0.39 is 16.4 Å². The highest BCUT2D eigenvalue weighted by molar-refractivity contribution is 9.09. The number of nitro groups is 1. The van der Waals surface area contributed by atoms with E-state index in [9.17, 15) is 14.9 Å². The molecule has 0 unspecified atom stereocenters. The van der Waals surface area contributed by atoms with Crippen LogP contribution in [0.3, 0.4) is 0 Å². The Balaban J connectivity index is 3.14. The molecule has 0 saturated heterocycles. The molecule has 98 valence electrons. The number of hydrogen-bond donors (Lipinski definition) is 1. The van der Waals surface area contributed by atoms with Gasteiger partial charge in [-0.3, -0.25) is 14.9 Å². The molecule has 1 amide bonds. The predicted molar refractivity (Wildman–Crippen MR) is 73.2 cm³/mol. The van der Waals surface area contributed by atoms with Crippen molar-refractivity contribution in [1.82, 2.24) is 5.32 Å². The Morgan fingerprint density at radius 3 is 2.61 bits per heavy atom. The van der Waals surface area contributed by atoms with E-state index in [0.717, 1.165) is 0 Å². The summed E-state index contributed by atoms with van der Waals surface area (Å²) in [5, 5.41) is 14.3. The van der Waals surface area contributed by atoms with Gasteiger partial charge in [0, 0.05) is 16.4 Å². The lowest BCUT2D eigenvalue weighted by atomic mass is 10.0. The summed E-state index contributed by atoms with van der Waals surface area (Å²) in [6, 6.07) is 4.72. The Hall–Kier alpha value is -1.43. The van der Waals surface area contributed by atoms with E-state index in [1.807, 2.05) is 13.8 Å². The summed E-state index contributed by atoms with van der Waals surface area (Å²) < 4.78 is 0. The van der Waals surface area contributed by atoms with Gasteiger partial charge in [0.05, 0.1) is 4.92 Å². The lowest BCUT2D eigenvalue weighted by Gasteiger charge is -2.23. The molecular formula is C12H15BrN2O3. The minimum absolute atomic E-state index is 0.0917. The summed E-state index contributed by atoms with van der Waals surface area (Å²) in [6.07, 6.45) is 0. The first kappa shape index (κ1) is 14.6. The van der Waals surface area contributed by atoms with Crippen LogP contribution in [0, 0.1) is 17.0 Å². The third kappa shape index (κ3) is 3.29. The first-order chi connectivity index (χ1) is 8.28. The van der Waals surface area contributed by atoms with E-state index in [-0.39, 0.29) is 11.3 Å². The molecule has 0 heterocycles. The zero-order valence-corrected chi connectivity index (χ0v) is 12.1. The van der Waals surface area contributed by atoms with Gasteiger partial charge in [-0.15, -0.1) is 0 Å². The fourth-order valence-corrected chi connectivity index (χ4v) is 1.63. The van der Waals surface area contributed by atoms with Gasteiger partial charge in [-0.1, -0.05) is 28.1 Å². The quantitative estimate of drug-likeness (QED) is 0.527. The lowest BCUT2D eigenvalue weighted by Crippen LogP contribution is -2.44. The number of alkyl halides is 1. The van der Waals surface area contributed by atoms with Crippen molar-refractivity contribution < 1.29 is 9.72 Å². The number of benzene rings is 1. The van der Waals surface area contributed by atoms with Gasteiger partial charge in [-0.2, -0.15) is 0 Å². The van der Waals surface area contributed by atoms with E-state index >= 15 is 0 Å². The maximum atomic E-state index is 12.1. The Kier molecular flexibility index (Phi) is 4.45. The molecule has 0 aromatic heterocycles. The number of para-hydroxylation sites is 1. The Morgan fingerprint density at radius 1 is 1.50 bits per heavy atom. The maximum absolute atomic E-state index is 12.1. The van der Waals surface area contributed by atoms with Crippen LogP contribution in [-0.2, 0) is 0 Å². The summed E-state index contributed by atoms with van der Waals surface area (Å²) in [7, 11) is 0. The molecule has 1 aromatic carbocycles. The molecule has 0 aliphatic carbocycles. The number of nitrogens with zero attached hydrogens (tertiary/aromatic N) is 1. The Bertz CT molecular complexity index is 486. The van der Waals surface area contributed by atoms with Crippen LogP contribution in [0.25, 0.3) is 0 Å². The van der Waals surface area contributed by atoms with Crippen LogP contribution in [0.15, 0.2) is 18.2 Å². The fourth-order valence-electron chi connectivity index (χ4n) is 1.49. The minimum atomic E-state index is -0.522.